The number of hydrogen-bond donors (Lipinski definition) is 2. The van der Waals surface area contributed by atoms with E-state index in [0.29, 0.717) is 5.02 Å². The zero-order chi connectivity index (χ0) is 14.8. The van der Waals surface area contributed by atoms with Crippen LogP contribution in [0, 0.1) is 0 Å². The molecule has 1 aromatic rings. The van der Waals surface area contributed by atoms with Gasteiger partial charge in [0.25, 0.3) is 0 Å². The highest BCUT2D eigenvalue weighted by atomic mass is 35.5. The Hall–Kier alpha value is -0.620. The van der Waals surface area contributed by atoms with Crippen molar-refractivity contribution in [1.29, 1.82) is 0 Å². The third-order valence-electron chi connectivity index (χ3n) is 4.51. The molecule has 1 saturated heterocycles. The van der Waals surface area contributed by atoms with E-state index in [1.807, 2.05) is 11.7 Å². The molecule has 20 heavy (non-hydrogen) atoms. The van der Waals surface area contributed by atoms with Crippen molar-refractivity contribution >= 4 is 11.6 Å². The number of nitrogens with two attached hydrogens (primary N) is 1. The molecule has 0 spiro atoms. The molecule has 2 heterocycles. The summed E-state index contributed by atoms with van der Waals surface area (Å²) in [7, 11) is 1.91. The molecule has 0 saturated carbocycles. The smallest absolute Gasteiger partial charge is 0.0835 e. The third-order valence-corrected chi connectivity index (χ3v) is 4.80. The van der Waals surface area contributed by atoms with E-state index >= 15 is 0 Å². The largest absolute Gasteiger partial charge is 0.296 e. The van der Waals surface area contributed by atoms with Gasteiger partial charge in [-0.25, -0.2) is 5.43 Å². The zero-order valence-corrected chi connectivity index (χ0v) is 13.5. The highest BCUT2D eigenvalue weighted by Crippen LogP contribution is 2.35. The molecule has 3 N–H and O–H groups in total. The van der Waals surface area contributed by atoms with Gasteiger partial charge in [-0.2, -0.15) is 5.10 Å². The van der Waals surface area contributed by atoms with Crippen molar-refractivity contribution in [3.05, 3.63) is 16.9 Å². The van der Waals surface area contributed by atoms with Crippen LogP contribution in [0.5, 0.6) is 0 Å². The van der Waals surface area contributed by atoms with Crippen LogP contribution < -0.4 is 11.3 Å². The van der Waals surface area contributed by atoms with Crippen LogP contribution in [-0.4, -0.2) is 33.3 Å². The molecule has 6 heteroatoms. The predicted octanol–water partition coefficient (Wildman–Crippen LogP) is 2.23. The number of likely N-dealkylation sites (tertiary alicyclic amines) is 1. The second-order valence-electron chi connectivity index (χ2n) is 6.16. The lowest BCUT2D eigenvalue weighted by Crippen LogP contribution is -2.55. The normalized spacial score (nSPS) is 19.9. The van der Waals surface area contributed by atoms with Crippen molar-refractivity contribution in [2.24, 2.45) is 12.9 Å². The molecule has 0 amide bonds. The quantitative estimate of drug-likeness (QED) is 0.661. The maximum absolute atomic E-state index is 6.30. The van der Waals surface area contributed by atoms with Crippen LogP contribution in [-0.2, 0) is 7.05 Å². The highest BCUT2D eigenvalue weighted by Gasteiger charge is 2.38. The van der Waals surface area contributed by atoms with Crippen LogP contribution in [0.3, 0.4) is 0 Å². The minimum atomic E-state index is -0.115. The standard InChI is InChI=1S/C14H26ClN5/c1-14(2,20-8-6-4-5-7-9-20)13(18-16)12-11(15)10-17-19(12)3/h10,13,18H,4-9,16H2,1-3H3. The summed E-state index contributed by atoms with van der Waals surface area (Å²) in [6.07, 6.45) is 6.82. The number of aromatic nitrogens is 2. The minimum Gasteiger partial charge on any atom is -0.296 e. The Morgan fingerprint density at radius 1 is 1.30 bits per heavy atom. The first kappa shape index (κ1) is 15.8. The summed E-state index contributed by atoms with van der Waals surface area (Å²) in [5, 5.41) is 4.90. The lowest BCUT2D eigenvalue weighted by molar-refractivity contribution is 0.0803. The fourth-order valence-corrected chi connectivity index (χ4v) is 3.47. The Labute approximate surface area is 126 Å². The topological polar surface area (TPSA) is 59.1 Å². The van der Waals surface area contributed by atoms with Crippen LogP contribution in [0.2, 0.25) is 5.02 Å². The van der Waals surface area contributed by atoms with Gasteiger partial charge < -0.3 is 0 Å². The fraction of sp³-hybridized carbons (Fsp3) is 0.786. The number of nitrogens with zero attached hydrogens (tertiary/aromatic N) is 3. The van der Waals surface area contributed by atoms with Gasteiger partial charge >= 0.3 is 0 Å². The first-order valence-corrected chi connectivity index (χ1v) is 7.75. The molecule has 114 valence electrons. The van der Waals surface area contributed by atoms with E-state index in [9.17, 15) is 0 Å². The summed E-state index contributed by atoms with van der Waals surface area (Å²) < 4.78 is 1.81. The van der Waals surface area contributed by atoms with Crippen LogP contribution in [0.4, 0.5) is 0 Å². The van der Waals surface area contributed by atoms with Gasteiger partial charge in [0.05, 0.1) is 23.0 Å². The Morgan fingerprint density at radius 2 is 1.90 bits per heavy atom. The first-order chi connectivity index (χ1) is 9.48. The number of nitrogens with one attached hydrogen (secondary N) is 1. The predicted molar refractivity (Wildman–Crippen MR) is 82.4 cm³/mol. The molecule has 1 fully saturated rings. The van der Waals surface area contributed by atoms with Gasteiger partial charge in [-0.15, -0.1) is 0 Å². The lowest BCUT2D eigenvalue weighted by Gasteiger charge is -2.43. The summed E-state index contributed by atoms with van der Waals surface area (Å²) in [4.78, 5) is 2.52. The van der Waals surface area contributed by atoms with E-state index in [1.165, 1.54) is 25.7 Å². The minimum absolute atomic E-state index is 0.0550. The molecule has 0 aliphatic carbocycles. The van der Waals surface area contributed by atoms with E-state index in [4.69, 9.17) is 17.4 Å². The third kappa shape index (κ3) is 3.01. The first-order valence-electron chi connectivity index (χ1n) is 7.37. The van der Waals surface area contributed by atoms with Crippen LogP contribution >= 0.6 is 11.6 Å². The van der Waals surface area contributed by atoms with Gasteiger partial charge in [0, 0.05) is 12.6 Å². The average Bonchev–Trinajstić information content (AvgIpc) is 2.64. The second-order valence-corrected chi connectivity index (χ2v) is 6.56. The van der Waals surface area contributed by atoms with E-state index in [1.54, 1.807) is 6.20 Å². The summed E-state index contributed by atoms with van der Waals surface area (Å²) in [6, 6.07) is -0.0550. The van der Waals surface area contributed by atoms with E-state index in [-0.39, 0.29) is 11.6 Å². The fourth-order valence-electron chi connectivity index (χ4n) is 3.19. The number of rotatable bonds is 4. The molecular weight excluding hydrogens is 274 g/mol. The summed E-state index contributed by atoms with van der Waals surface area (Å²) in [6.45, 7) is 6.68. The Kier molecular flexibility index (Phi) is 5.07. The van der Waals surface area contributed by atoms with Gasteiger partial charge in [-0.3, -0.25) is 15.4 Å². The Bertz CT molecular complexity index is 415. The van der Waals surface area contributed by atoms with Crippen LogP contribution in [0.25, 0.3) is 0 Å². The van der Waals surface area contributed by atoms with Crippen molar-refractivity contribution in [3.8, 4) is 0 Å². The maximum atomic E-state index is 6.30. The van der Waals surface area contributed by atoms with Crippen molar-refractivity contribution < 1.29 is 0 Å². The van der Waals surface area contributed by atoms with Gasteiger partial charge in [0.2, 0.25) is 0 Å². The van der Waals surface area contributed by atoms with E-state index in [2.05, 4.69) is 29.3 Å². The van der Waals surface area contributed by atoms with Crippen molar-refractivity contribution in [1.82, 2.24) is 20.1 Å². The van der Waals surface area contributed by atoms with Crippen LogP contribution in [0.1, 0.15) is 51.3 Å². The Balaban J connectivity index is 2.28. The van der Waals surface area contributed by atoms with E-state index in [0.717, 1.165) is 18.8 Å². The summed E-state index contributed by atoms with van der Waals surface area (Å²) in [5.41, 5.74) is 3.79. The van der Waals surface area contributed by atoms with Crippen LogP contribution in [0.15, 0.2) is 6.20 Å². The summed E-state index contributed by atoms with van der Waals surface area (Å²) in [5.74, 6) is 5.86. The summed E-state index contributed by atoms with van der Waals surface area (Å²) >= 11 is 6.30. The molecule has 5 nitrogen and oxygen atoms in total. The molecule has 1 atom stereocenters. The molecule has 0 bridgehead atoms. The van der Waals surface area contributed by atoms with Gasteiger partial charge in [-0.1, -0.05) is 24.4 Å². The second kappa shape index (κ2) is 6.43. The van der Waals surface area contributed by atoms with Gasteiger partial charge in [0.15, 0.2) is 0 Å². The maximum Gasteiger partial charge on any atom is 0.0835 e. The number of hydrazine groups is 1. The molecule has 1 aliphatic rings. The van der Waals surface area contributed by atoms with Gasteiger partial charge in [-0.05, 0) is 39.8 Å². The van der Waals surface area contributed by atoms with Crippen molar-refractivity contribution in [2.45, 2.75) is 51.1 Å². The molecule has 1 aliphatic heterocycles. The Morgan fingerprint density at radius 3 is 2.35 bits per heavy atom. The monoisotopic (exact) mass is 299 g/mol. The molecular formula is C14H26ClN5. The van der Waals surface area contributed by atoms with E-state index < -0.39 is 0 Å². The van der Waals surface area contributed by atoms with Gasteiger partial charge in [0.1, 0.15) is 0 Å². The van der Waals surface area contributed by atoms with Crippen molar-refractivity contribution in [2.75, 3.05) is 13.1 Å². The number of hydrogen-bond acceptors (Lipinski definition) is 4. The SMILES string of the molecule is Cn1ncc(Cl)c1C(NN)C(C)(C)N1CCCCCC1. The molecule has 1 aromatic heterocycles. The number of aryl methyl sites for hydroxylation is 1. The average molecular weight is 300 g/mol. The molecule has 0 aromatic carbocycles. The zero-order valence-electron chi connectivity index (χ0n) is 12.7. The molecule has 0 radical (unpaired) electrons. The molecule has 2 rings (SSSR count). The molecule has 1 unspecified atom stereocenters. The number of halogens is 1. The van der Waals surface area contributed by atoms with Crippen molar-refractivity contribution in [3.63, 3.8) is 0 Å². The highest BCUT2D eigenvalue weighted by molar-refractivity contribution is 6.31. The lowest BCUT2D eigenvalue weighted by atomic mass is 9.89.